The molecule has 0 fully saturated rings. The van der Waals surface area contributed by atoms with Gasteiger partial charge in [-0.25, -0.2) is 0 Å². The van der Waals surface area contributed by atoms with Crippen LogP contribution >= 0.6 is 11.3 Å². The summed E-state index contributed by atoms with van der Waals surface area (Å²) in [6.45, 7) is 8.13. The number of guanidine groups is 1. The van der Waals surface area contributed by atoms with E-state index in [4.69, 9.17) is 0 Å². The molecule has 1 atom stereocenters. The molecule has 0 spiro atoms. The molecule has 6 heteroatoms. The number of thiophene rings is 1. The standard InChI is InChI=1S/C17H27N5S/c1-12(15-7-9-23-11-15)10-20-17(18-4)19-8-6-16-13(2)21-22(5)14(16)3/h7,9,11-12H,6,8,10H2,1-5H3,(H2,18,19,20). The monoisotopic (exact) mass is 333 g/mol. The average Bonchev–Trinajstić information content (AvgIpc) is 3.14. The Morgan fingerprint density at radius 1 is 1.39 bits per heavy atom. The number of hydrogen-bond acceptors (Lipinski definition) is 3. The minimum atomic E-state index is 0.475. The third-order valence-corrected chi connectivity index (χ3v) is 4.94. The molecule has 2 heterocycles. The van der Waals surface area contributed by atoms with E-state index in [1.807, 2.05) is 18.8 Å². The second-order valence-electron chi connectivity index (χ2n) is 5.86. The van der Waals surface area contributed by atoms with Crippen molar-refractivity contribution >= 4 is 17.3 Å². The molecule has 0 aromatic carbocycles. The predicted octanol–water partition coefficient (Wildman–Crippen LogP) is 2.61. The second kappa shape index (κ2) is 8.15. The molecule has 0 bridgehead atoms. The van der Waals surface area contributed by atoms with Crippen molar-refractivity contribution in [2.24, 2.45) is 12.0 Å². The quantitative estimate of drug-likeness (QED) is 0.631. The van der Waals surface area contributed by atoms with E-state index in [9.17, 15) is 0 Å². The summed E-state index contributed by atoms with van der Waals surface area (Å²) in [7, 11) is 3.80. The Kier molecular flexibility index (Phi) is 6.21. The van der Waals surface area contributed by atoms with E-state index in [2.05, 4.69) is 58.3 Å². The highest BCUT2D eigenvalue weighted by Crippen LogP contribution is 2.17. The maximum Gasteiger partial charge on any atom is 0.191 e. The highest BCUT2D eigenvalue weighted by Gasteiger charge is 2.10. The van der Waals surface area contributed by atoms with Crippen LogP contribution in [-0.2, 0) is 13.5 Å². The topological polar surface area (TPSA) is 54.2 Å². The Bertz CT molecular complexity index is 642. The Morgan fingerprint density at radius 3 is 2.74 bits per heavy atom. The second-order valence-corrected chi connectivity index (χ2v) is 6.64. The summed E-state index contributed by atoms with van der Waals surface area (Å²) in [4.78, 5) is 4.30. The summed E-state index contributed by atoms with van der Waals surface area (Å²) in [5.41, 5.74) is 5.04. The fourth-order valence-electron chi connectivity index (χ4n) is 2.63. The van der Waals surface area contributed by atoms with Crippen molar-refractivity contribution in [2.45, 2.75) is 33.1 Å². The van der Waals surface area contributed by atoms with Crippen LogP contribution < -0.4 is 10.6 Å². The number of aromatic nitrogens is 2. The summed E-state index contributed by atoms with van der Waals surface area (Å²) < 4.78 is 1.94. The van der Waals surface area contributed by atoms with Crippen LogP contribution in [-0.4, -0.2) is 35.9 Å². The molecule has 0 amide bonds. The number of hydrogen-bond donors (Lipinski definition) is 2. The normalized spacial score (nSPS) is 13.2. The molecule has 0 aliphatic heterocycles. The Hall–Kier alpha value is -1.82. The van der Waals surface area contributed by atoms with Crippen LogP contribution in [0.25, 0.3) is 0 Å². The molecule has 2 N–H and O–H groups in total. The van der Waals surface area contributed by atoms with Crippen molar-refractivity contribution in [3.05, 3.63) is 39.3 Å². The molecular weight excluding hydrogens is 306 g/mol. The van der Waals surface area contributed by atoms with E-state index in [0.717, 1.165) is 31.2 Å². The van der Waals surface area contributed by atoms with Crippen molar-refractivity contribution in [3.8, 4) is 0 Å². The summed E-state index contributed by atoms with van der Waals surface area (Å²) in [6.07, 6.45) is 0.951. The molecule has 0 saturated carbocycles. The van der Waals surface area contributed by atoms with Crippen LogP contribution in [0.4, 0.5) is 0 Å². The highest BCUT2D eigenvalue weighted by atomic mass is 32.1. The molecule has 2 rings (SSSR count). The van der Waals surface area contributed by atoms with E-state index in [0.29, 0.717) is 5.92 Å². The number of aliphatic imine (C=N–C) groups is 1. The number of aryl methyl sites for hydroxylation is 2. The van der Waals surface area contributed by atoms with Gasteiger partial charge in [0.15, 0.2) is 5.96 Å². The molecular formula is C17H27N5S. The van der Waals surface area contributed by atoms with Crippen LogP contribution in [0.3, 0.4) is 0 Å². The van der Waals surface area contributed by atoms with Gasteiger partial charge in [0, 0.05) is 32.9 Å². The van der Waals surface area contributed by atoms with Gasteiger partial charge in [-0.3, -0.25) is 9.67 Å². The molecule has 0 radical (unpaired) electrons. The molecule has 5 nitrogen and oxygen atoms in total. The van der Waals surface area contributed by atoms with Crippen molar-refractivity contribution in [3.63, 3.8) is 0 Å². The van der Waals surface area contributed by atoms with Crippen LogP contribution in [0, 0.1) is 13.8 Å². The molecule has 0 aliphatic carbocycles. The van der Waals surface area contributed by atoms with Crippen molar-refractivity contribution in [1.29, 1.82) is 0 Å². The highest BCUT2D eigenvalue weighted by molar-refractivity contribution is 7.07. The minimum Gasteiger partial charge on any atom is -0.356 e. The lowest BCUT2D eigenvalue weighted by molar-refractivity contribution is 0.698. The summed E-state index contributed by atoms with van der Waals surface area (Å²) >= 11 is 1.74. The van der Waals surface area contributed by atoms with Crippen molar-refractivity contribution in [1.82, 2.24) is 20.4 Å². The first-order valence-corrected chi connectivity index (χ1v) is 8.93. The maximum absolute atomic E-state index is 4.46. The fourth-order valence-corrected chi connectivity index (χ4v) is 3.41. The van der Waals surface area contributed by atoms with E-state index in [1.165, 1.54) is 16.8 Å². The van der Waals surface area contributed by atoms with Gasteiger partial charge in [0.25, 0.3) is 0 Å². The summed E-state index contributed by atoms with van der Waals surface area (Å²) in [6, 6.07) is 2.18. The molecule has 0 aliphatic rings. The fraction of sp³-hybridized carbons (Fsp3) is 0.529. The molecule has 2 aromatic heterocycles. The zero-order chi connectivity index (χ0) is 16.8. The first-order chi connectivity index (χ1) is 11.0. The van der Waals surface area contributed by atoms with E-state index < -0.39 is 0 Å². The lowest BCUT2D eigenvalue weighted by atomic mass is 10.1. The van der Waals surface area contributed by atoms with E-state index >= 15 is 0 Å². The van der Waals surface area contributed by atoms with Gasteiger partial charge in [-0.15, -0.1) is 0 Å². The van der Waals surface area contributed by atoms with Gasteiger partial charge in [-0.2, -0.15) is 16.4 Å². The number of rotatable bonds is 6. The van der Waals surface area contributed by atoms with E-state index in [-0.39, 0.29) is 0 Å². The zero-order valence-electron chi connectivity index (χ0n) is 14.7. The largest absolute Gasteiger partial charge is 0.356 e. The van der Waals surface area contributed by atoms with Crippen LogP contribution in [0.15, 0.2) is 21.8 Å². The summed E-state index contributed by atoms with van der Waals surface area (Å²) in [5, 5.41) is 15.6. The van der Waals surface area contributed by atoms with Crippen LogP contribution in [0.5, 0.6) is 0 Å². The van der Waals surface area contributed by atoms with Crippen molar-refractivity contribution in [2.75, 3.05) is 20.1 Å². The maximum atomic E-state index is 4.46. The zero-order valence-corrected chi connectivity index (χ0v) is 15.5. The number of nitrogens with one attached hydrogen (secondary N) is 2. The molecule has 1 unspecified atom stereocenters. The number of nitrogens with zero attached hydrogens (tertiary/aromatic N) is 3. The van der Waals surface area contributed by atoms with E-state index in [1.54, 1.807) is 11.3 Å². The molecule has 126 valence electrons. The average molecular weight is 334 g/mol. The lowest BCUT2D eigenvalue weighted by Crippen LogP contribution is -2.39. The van der Waals surface area contributed by atoms with Gasteiger partial charge >= 0.3 is 0 Å². The van der Waals surface area contributed by atoms with Gasteiger partial charge in [-0.05, 0) is 54.1 Å². The smallest absolute Gasteiger partial charge is 0.191 e. The van der Waals surface area contributed by atoms with Gasteiger partial charge in [0.1, 0.15) is 0 Å². The SMILES string of the molecule is CN=C(NCCc1c(C)nn(C)c1C)NCC(C)c1ccsc1. The van der Waals surface area contributed by atoms with Gasteiger partial charge in [-0.1, -0.05) is 6.92 Å². The molecule has 0 saturated heterocycles. The van der Waals surface area contributed by atoms with Gasteiger partial charge in [0.05, 0.1) is 5.69 Å². The van der Waals surface area contributed by atoms with Gasteiger partial charge < -0.3 is 10.6 Å². The third-order valence-electron chi connectivity index (χ3n) is 4.24. The van der Waals surface area contributed by atoms with Crippen LogP contribution in [0.1, 0.15) is 35.4 Å². The first kappa shape index (κ1) is 17.5. The third kappa shape index (κ3) is 4.58. The van der Waals surface area contributed by atoms with Crippen molar-refractivity contribution < 1.29 is 0 Å². The summed E-state index contributed by atoms with van der Waals surface area (Å²) in [5.74, 6) is 1.33. The first-order valence-electron chi connectivity index (χ1n) is 7.98. The predicted molar refractivity (Wildman–Crippen MR) is 98.5 cm³/mol. The Balaban J connectivity index is 1.79. The molecule has 2 aromatic rings. The minimum absolute atomic E-state index is 0.475. The Morgan fingerprint density at radius 2 is 2.17 bits per heavy atom. The molecule has 23 heavy (non-hydrogen) atoms. The lowest BCUT2D eigenvalue weighted by Gasteiger charge is -2.15. The van der Waals surface area contributed by atoms with Gasteiger partial charge in [0.2, 0.25) is 0 Å². The Labute approximate surface area is 142 Å². The van der Waals surface area contributed by atoms with Crippen LogP contribution in [0.2, 0.25) is 0 Å².